The van der Waals surface area contributed by atoms with Gasteiger partial charge in [0.05, 0.1) is 17.7 Å². The molecule has 1 aromatic rings. The topological polar surface area (TPSA) is 75.6 Å². The first-order valence-corrected chi connectivity index (χ1v) is 7.29. The molecule has 1 aliphatic rings. The van der Waals surface area contributed by atoms with Crippen LogP contribution in [-0.2, 0) is 16.0 Å². The van der Waals surface area contributed by atoms with Crippen molar-refractivity contribution in [3.8, 4) is 0 Å². The first-order chi connectivity index (χ1) is 10.1. The van der Waals surface area contributed by atoms with Crippen LogP contribution in [0.1, 0.15) is 42.1 Å². The van der Waals surface area contributed by atoms with E-state index in [0.717, 1.165) is 25.0 Å². The highest BCUT2D eigenvalue weighted by atomic mass is 16.5. The van der Waals surface area contributed by atoms with Gasteiger partial charge in [0.2, 0.25) is 5.91 Å². The average molecular weight is 291 g/mol. The van der Waals surface area contributed by atoms with Gasteiger partial charge in [0.15, 0.2) is 0 Å². The summed E-state index contributed by atoms with van der Waals surface area (Å²) in [5.74, 6) is -0.940. The second kappa shape index (κ2) is 7.22. The Bertz CT molecular complexity index is 492. The molecule has 2 rings (SSSR count). The fraction of sp³-hybridized carbons (Fsp3) is 0.500. The maximum absolute atomic E-state index is 11.9. The Labute approximate surface area is 124 Å². The minimum absolute atomic E-state index is 0.000288. The van der Waals surface area contributed by atoms with E-state index in [9.17, 15) is 9.59 Å². The third-order valence-electron chi connectivity index (χ3n) is 3.75. The van der Waals surface area contributed by atoms with Crippen LogP contribution in [-0.4, -0.2) is 35.7 Å². The van der Waals surface area contributed by atoms with E-state index in [1.54, 1.807) is 24.3 Å². The Balaban J connectivity index is 1.76. The molecule has 0 radical (unpaired) electrons. The molecule has 5 nitrogen and oxygen atoms in total. The van der Waals surface area contributed by atoms with E-state index in [2.05, 4.69) is 5.32 Å². The third-order valence-corrected chi connectivity index (χ3v) is 3.75. The molecule has 0 unspecified atom stereocenters. The van der Waals surface area contributed by atoms with E-state index in [-0.39, 0.29) is 23.6 Å². The summed E-state index contributed by atoms with van der Waals surface area (Å²) in [6.07, 6.45) is 3.18. The van der Waals surface area contributed by atoms with Crippen LogP contribution in [0.25, 0.3) is 0 Å². The number of carbonyl (C=O) groups excluding carboxylic acids is 1. The lowest BCUT2D eigenvalue weighted by molar-refractivity contribution is -0.122. The first-order valence-electron chi connectivity index (χ1n) is 7.29. The van der Waals surface area contributed by atoms with Crippen molar-refractivity contribution in [2.75, 3.05) is 6.61 Å². The van der Waals surface area contributed by atoms with Crippen molar-refractivity contribution >= 4 is 11.9 Å². The number of nitrogens with one attached hydrogen (secondary N) is 1. The van der Waals surface area contributed by atoms with Gasteiger partial charge >= 0.3 is 5.97 Å². The van der Waals surface area contributed by atoms with Crippen LogP contribution in [0, 0.1) is 0 Å². The molecule has 1 saturated heterocycles. The molecule has 0 aliphatic carbocycles. The smallest absolute Gasteiger partial charge is 0.335 e. The van der Waals surface area contributed by atoms with Gasteiger partial charge in [-0.3, -0.25) is 4.79 Å². The highest BCUT2D eigenvalue weighted by Crippen LogP contribution is 2.15. The van der Waals surface area contributed by atoms with Crippen LogP contribution in [0.15, 0.2) is 24.3 Å². The van der Waals surface area contributed by atoms with Crippen LogP contribution in [0.2, 0.25) is 0 Å². The number of carboxylic acid groups (broad SMARTS) is 1. The van der Waals surface area contributed by atoms with E-state index in [0.29, 0.717) is 12.8 Å². The fourth-order valence-corrected chi connectivity index (χ4v) is 2.49. The molecule has 1 heterocycles. The van der Waals surface area contributed by atoms with Gasteiger partial charge < -0.3 is 15.2 Å². The van der Waals surface area contributed by atoms with Crippen molar-refractivity contribution in [1.29, 1.82) is 0 Å². The SMILES string of the molecule is C[C@@H](NC(=O)CCc1ccc(C(=O)O)cc1)[C@@H]1CCCO1. The van der Waals surface area contributed by atoms with E-state index in [1.165, 1.54) is 0 Å². The van der Waals surface area contributed by atoms with E-state index in [4.69, 9.17) is 9.84 Å². The van der Waals surface area contributed by atoms with Gasteiger partial charge in [0, 0.05) is 13.0 Å². The van der Waals surface area contributed by atoms with Crippen molar-refractivity contribution in [3.05, 3.63) is 35.4 Å². The summed E-state index contributed by atoms with van der Waals surface area (Å²) < 4.78 is 5.54. The molecule has 21 heavy (non-hydrogen) atoms. The van der Waals surface area contributed by atoms with Crippen molar-refractivity contribution in [1.82, 2.24) is 5.32 Å². The van der Waals surface area contributed by atoms with Gasteiger partial charge in [0.25, 0.3) is 0 Å². The average Bonchev–Trinajstić information content (AvgIpc) is 3.00. The van der Waals surface area contributed by atoms with Crippen LogP contribution < -0.4 is 5.32 Å². The molecule has 0 aromatic heterocycles. The quantitative estimate of drug-likeness (QED) is 0.840. The Morgan fingerprint density at radius 2 is 2.10 bits per heavy atom. The summed E-state index contributed by atoms with van der Waals surface area (Å²) in [5.41, 5.74) is 1.22. The molecular weight excluding hydrogens is 270 g/mol. The Kier molecular flexibility index (Phi) is 5.33. The number of carbonyl (C=O) groups is 2. The maximum Gasteiger partial charge on any atom is 0.335 e. The lowest BCUT2D eigenvalue weighted by Gasteiger charge is -2.19. The highest BCUT2D eigenvalue weighted by molar-refractivity contribution is 5.87. The Morgan fingerprint density at radius 3 is 2.67 bits per heavy atom. The molecule has 0 spiro atoms. The summed E-state index contributed by atoms with van der Waals surface area (Å²) in [5, 5.41) is 11.8. The van der Waals surface area contributed by atoms with Gasteiger partial charge in [-0.05, 0) is 43.9 Å². The molecule has 1 aliphatic heterocycles. The third kappa shape index (κ3) is 4.56. The van der Waals surface area contributed by atoms with Gasteiger partial charge in [0.1, 0.15) is 0 Å². The molecule has 2 atom stereocenters. The summed E-state index contributed by atoms with van der Waals surface area (Å²) in [6.45, 7) is 2.75. The number of aromatic carboxylic acids is 1. The van der Waals surface area contributed by atoms with Crippen molar-refractivity contribution in [3.63, 3.8) is 0 Å². The number of hydrogen-bond donors (Lipinski definition) is 2. The summed E-state index contributed by atoms with van der Waals surface area (Å²) in [7, 11) is 0. The molecule has 1 amide bonds. The molecule has 1 fully saturated rings. The summed E-state index contributed by atoms with van der Waals surface area (Å²) >= 11 is 0. The second-order valence-electron chi connectivity index (χ2n) is 5.41. The molecule has 1 aromatic carbocycles. The second-order valence-corrected chi connectivity index (χ2v) is 5.41. The number of amides is 1. The zero-order valence-electron chi connectivity index (χ0n) is 12.2. The van der Waals surface area contributed by atoms with E-state index < -0.39 is 5.97 Å². The molecule has 2 N–H and O–H groups in total. The van der Waals surface area contributed by atoms with Gasteiger partial charge in [-0.1, -0.05) is 12.1 Å². The minimum atomic E-state index is -0.940. The van der Waals surface area contributed by atoms with Crippen molar-refractivity contribution in [2.24, 2.45) is 0 Å². The summed E-state index contributed by atoms with van der Waals surface area (Å²) in [6, 6.07) is 6.66. The zero-order chi connectivity index (χ0) is 15.2. The van der Waals surface area contributed by atoms with E-state index in [1.807, 2.05) is 6.92 Å². The lowest BCUT2D eigenvalue weighted by atomic mass is 10.1. The number of benzene rings is 1. The van der Waals surface area contributed by atoms with Gasteiger partial charge in [-0.2, -0.15) is 0 Å². The lowest BCUT2D eigenvalue weighted by Crippen LogP contribution is -2.40. The fourth-order valence-electron chi connectivity index (χ4n) is 2.49. The minimum Gasteiger partial charge on any atom is -0.478 e. The van der Waals surface area contributed by atoms with Crippen molar-refractivity contribution < 1.29 is 19.4 Å². The molecule has 0 bridgehead atoms. The zero-order valence-corrected chi connectivity index (χ0v) is 12.2. The van der Waals surface area contributed by atoms with Gasteiger partial charge in [-0.15, -0.1) is 0 Å². The Morgan fingerprint density at radius 1 is 1.38 bits per heavy atom. The molecule has 5 heteroatoms. The predicted octanol–water partition coefficient (Wildman–Crippen LogP) is 2.00. The van der Waals surface area contributed by atoms with Crippen LogP contribution >= 0.6 is 0 Å². The predicted molar refractivity (Wildman–Crippen MR) is 78.3 cm³/mol. The molecule has 0 saturated carbocycles. The van der Waals surface area contributed by atoms with Crippen molar-refractivity contribution in [2.45, 2.75) is 44.8 Å². The maximum atomic E-state index is 11.9. The van der Waals surface area contributed by atoms with Crippen LogP contribution in [0.3, 0.4) is 0 Å². The van der Waals surface area contributed by atoms with Crippen LogP contribution in [0.5, 0.6) is 0 Å². The largest absolute Gasteiger partial charge is 0.478 e. The summed E-state index contributed by atoms with van der Waals surface area (Å²) in [4.78, 5) is 22.6. The molecule has 114 valence electrons. The monoisotopic (exact) mass is 291 g/mol. The number of carboxylic acids is 1. The Hall–Kier alpha value is -1.88. The number of aryl methyl sites for hydroxylation is 1. The first kappa shape index (κ1) is 15.5. The highest BCUT2D eigenvalue weighted by Gasteiger charge is 2.23. The van der Waals surface area contributed by atoms with Gasteiger partial charge in [-0.25, -0.2) is 4.79 Å². The molecular formula is C16H21NO4. The number of hydrogen-bond acceptors (Lipinski definition) is 3. The number of ether oxygens (including phenoxy) is 1. The standard InChI is InChI=1S/C16H21NO4/c1-11(14-3-2-10-21-14)17-15(18)9-6-12-4-7-13(8-5-12)16(19)20/h4-5,7-8,11,14H,2-3,6,9-10H2,1H3,(H,17,18)(H,19,20)/t11-,14+/m1/s1. The van der Waals surface area contributed by atoms with Crippen LogP contribution in [0.4, 0.5) is 0 Å². The van der Waals surface area contributed by atoms with E-state index >= 15 is 0 Å². The normalized spacial score (nSPS) is 19.2. The number of rotatable bonds is 6.